The molecule has 6 rings (SSSR count). The number of carbonyl (C=O) groups excluding carboxylic acids is 3. The van der Waals surface area contributed by atoms with Crippen LogP contribution in [0.4, 0.5) is 0 Å². The Labute approximate surface area is 369 Å². The highest BCUT2D eigenvalue weighted by molar-refractivity contribution is 9.10. The van der Waals surface area contributed by atoms with Crippen molar-refractivity contribution < 1.29 is 18.8 Å². The van der Waals surface area contributed by atoms with Crippen molar-refractivity contribution in [3.05, 3.63) is 78.9 Å². The molecular weight excluding hydrogens is 892 g/mol. The molecular formula is C48H71Br2ClO4Si2. The maximum atomic E-state index is 12.9. The summed E-state index contributed by atoms with van der Waals surface area (Å²) in [5.41, 5.74) is 6.66. The van der Waals surface area contributed by atoms with E-state index in [-0.39, 0.29) is 23.1 Å². The highest BCUT2D eigenvalue weighted by Gasteiger charge is 2.35. The normalized spacial score (nSPS) is 24.2. The van der Waals surface area contributed by atoms with Crippen molar-refractivity contribution >= 4 is 76.0 Å². The van der Waals surface area contributed by atoms with Gasteiger partial charge in [-0.25, -0.2) is 0 Å². The third-order valence-electron chi connectivity index (χ3n) is 12.5. The van der Waals surface area contributed by atoms with Gasteiger partial charge in [-0.1, -0.05) is 123 Å². The summed E-state index contributed by atoms with van der Waals surface area (Å²) in [5.74, 6) is 4.48. The quantitative estimate of drug-likeness (QED) is 0.0531. The van der Waals surface area contributed by atoms with Crippen LogP contribution in [0, 0.1) is 35.5 Å². The molecule has 4 aliphatic carbocycles. The molecule has 2 aromatic carbocycles. The second-order valence-electron chi connectivity index (χ2n) is 19.6. The number of hydrogen-bond acceptors (Lipinski definition) is 4. The molecule has 4 nitrogen and oxygen atoms in total. The molecule has 0 spiro atoms. The third kappa shape index (κ3) is 14.7. The summed E-state index contributed by atoms with van der Waals surface area (Å²) in [7, 11) is -2.97. The summed E-state index contributed by atoms with van der Waals surface area (Å²) in [6.45, 7) is 22.3. The lowest BCUT2D eigenvalue weighted by atomic mass is 9.74. The van der Waals surface area contributed by atoms with E-state index in [1.54, 1.807) is 0 Å². The van der Waals surface area contributed by atoms with Crippen LogP contribution in [0.5, 0.6) is 0 Å². The van der Waals surface area contributed by atoms with Crippen molar-refractivity contribution in [1.82, 2.24) is 0 Å². The monoisotopic (exact) mass is 960 g/mol. The van der Waals surface area contributed by atoms with Crippen molar-refractivity contribution in [2.24, 2.45) is 35.5 Å². The molecule has 2 saturated carbocycles. The molecule has 0 heterocycles. The number of ketones is 3. The number of rotatable bonds is 12. The topological polar surface area (TPSA) is 60.4 Å². The van der Waals surface area contributed by atoms with Gasteiger partial charge in [-0.05, 0) is 153 Å². The number of fused-ring (bicyclic) bond motifs is 2. The lowest BCUT2D eigenvalue weighted by Gasteiger charge is -2.32. The van der Waals surface area contributed by atoms with E-state index in [0.717, 1.165) is 70.1 Å². The molecule has 0 aromatic heterocycles. The van der Waals surface area contributed by atoms with Crippen LogP contribution in [-0.4, -0.2) is 33.1 Å². The van der Waals surface area contributed by atoms with Crippen LogP contribution in [0.3, 0.4) is 0 Å². The third-order valence-corrected chi connectivity index (χ3v) is 14.7. The Morgan fingerprint density at radius 2 is 0.965 bits per heavy atom. The molecule has 0 radical (unpaired) electrons. The van der Waals surface area contributed by atoms with Crippen molar-refractivity contribution in [1.29, 1.82) is 0 Å². The molecule has 0 amide bonds. The van der Waals surface area contributed by atoms with E-state index < -0.39 is 15.7 Å². The second-order valence-corrected chi connectivity index (χ2v) is 33.3. The average molecular weight is 964 g/mol. The second kappa shape index (κ2) is 21.5. The first kappa shape index (κ1) is 48.3. The van der Waals surface area contributed by atoms with Crippen LogP contribution in [-0.2, 0) is 34.9 Å². The Kier molecular flexibility index (Phi) is 18.2. The maximum Gasteiger partial charge on any atom is 0.242 e. The van der Waals surface area contributed by atoms with Crippen LogP contribution in [0.25, 0.3) is 0 Å². The van der Waals surface area contributed by atoms with Gasteiger partial charge in [-0.3, -0.25) is 14.4 Å². The van der Waals surface area contributed by atoms with E-state index in [4.69, 9.17) is 15.5 Å². The van der Waals surface area contributed by atoms with Gasteiger partial charge in [0, 0.05) is 27.0 Å². The zero-order chi connectivity index (χ0) is 42.2. The van der Waals surface area contributed by atoms with Crippen molar-refractivity contribution in [3.8, 4) is 0 Å². The lowest BCUT2D eigenvalue weighted by molar-refractivity contribution is -0.113. The summed E-state index contributed by atoms with van der Waals surface area (Å²) in [6.07, 6.45) is 21.0. The summed E-state index contributed by atoms with van der Waals surface area (Å²) < 4.78 is 7.50. The molecule has 2 unspecified atom stereocenters. The molecule has 0 N–H and O–H groups in total. The van der Waals surface area contributed by atoms with Crippen molar-refractivity contribution in [2.45, 2.75) is 163 Å². The molecule has 2 aromatic rings. The number of carbonyl (C=O) groups is 3. The summed E-state index contributed by atoms with van der Waals surface area (Å²) >= 11 is 12.8. The number of allylic oxidation sites excluding steroid dienone is 1. The minimum absolute atomic E-state index is 0.0828. The van der Waals surface area contributed by atoms with Gasteiger partial charge in [0.2, 0.25) is 19.9 Å². The standard InChI is InChI=1S/C24H35BrO2Si.C21H27BrO2.C3H9ClSi/c1-6-7-17-8-10-18(11-9-17)19-12-20-14-22(23(25)15-21(20)13-19)24(26)16(2)27-28(3,4)5;1-3-4-14-5-7-15(8-6-14)16-9-17-11-19(21(24)13(2)23)20(22)12-18(17)10-16;1-5(2,3)4/h14-15,17-19H,2,6-13H2,1,3-5H3;11-12,14-16H,3-10H2,1-2H3;1-3H3. The zero-order valence-electron chi connectivity index (χ0n) is 36.6. The first-order valence-electron chi connectivity index (χ1n) is 22.0. The lowest BCUT2D eigenvalue weighted by Crippen LogP contribution is -2.27. The van der Waals surface area contributed by atoms with Crippen LogP contribution in [0.1, 0.15) is 141 Å². The van der Waals surface area contributed by atoms with Gasteiger partial charge in [0.1, 0.15) is 13.1 Å². The predicted octanol–water partition coefficient (Wildman–Crippen LogP) is 14.9. The Bertz CT molecular complexity index is 1720. The molecule has 316 valence electrons. The SMILES string of the molecule is C=C(O[Si](C)(C)C)C(=O)c1cc2c(cc1Br)CC(C1CCC(CCC)CC1)C2.CCCC1CCC(C2Cc3cc(Br)c(C(=O)C(C)=O)cc3C2)CC1.C[Si](C)(C)Cl. The number of benzene rings is 2. The van der Waals surface area contributed by atoms with E-state index in [9.17, 15) is 14.4 Å². The van der Waals surface area contributed by atoms with Gasteiger partial charge in [-0.15, -0.1) is 0 Å². The Hall–Kier alpha value is -1.33. The van der Waals surface area contributed by atoms with E-state index in [1.807, 2.05) is 6.07 Å². The van der Waals surface area contributed by atoms with Gasteiger partial charge >= 0.3 is 0 Å². The van der Waals surface area contributed by atoms with Crippen LogP contribution in [0.15, 0.2) is 45.5 Å². The molecule has 0 bridgehead atoms. The predicted molar refractivity (Wildman–Crippen MR) is 253 cm³/mol. The number of Topliss-reactive ketones (excluding diaryl/α,β-unsaturated/α-hetero) is 3. The van der Waals surface area contributed by atoms with Gasteiger partial charge in [0.25, 0.3) is 0 Å². The minimum atomic E-state index is -1.83. The maximum absolute atomic E-state index is 12.9. The van der Waals surface area contributed by atoms with Gasteiger partial charge in [0.15, 0.2) is 5.78 Å². The Balaban J connectivity index is 0.000000228. The summed E-state index contributed by atoms with van der Waals surface area (Å²) in [4.78, 5) is 36.4. The molecule has 0 saturated heterocycles. The van der Waals surface area contributed by atoms with Crippen LogP contribution >= 0.6 is 42.9 Å². The fraction of sp³-hybridized carbons (Fsp3) is 0.646. The van der Waals surface area contributed by atoms with E-state index in [0.29, 0.717) is 11.1 Å². The van der Waals surface area contributed by atoms with E-state index in [2.05, 4.69) is 110 Å². The molecule has 57 heavy (non-hydrogen) atoms. The molecule has 2 atom stereocenters. The Morgan fingerprint density at radius 3 is 1.28 bits per heavy atom. The van der Waals surface area contributed by atoms with Crippen molar-refractivity contribution in [2.75, 3.05) is 0 Å². The molecule has 2 fully saturated rings. The summed E-state index contributed by atoms with van der Waals surface area (Å²) in [5, 5.41) is 0. The molecule has 0 aliphatic heterocycles. The zero-order valence-corrected chi connectivity index (χ0v) is 42.5. The fourth-order valence-electron chi connectivity index (χ4n) is 9.84. The van der Waals surface area contributed by atoms with E-state index >= 15 is 0 Å². The van der Waals surface area contributed by atoms with Gasteiger partial charge < -0.3 is 4.43 Å². The van der Waals surface area contributed by atoms with Gasteiger partial charge in [0.05, 0.1) is 0 Å². The van der Waals surface area contributed by atoms with Crippen molar-refractivity contribution in [3.63, 3.8) is 0 Å². The van der Waals surface area contributed by atoms with Crippen LogP contribution < -0.4 is 0 Å². The average Bonchev–Trinajstić information content (AvgIpc) is 3.73. The van der Waals surface area contributed by atoms with Gasteiger partial charge in [-0.2, -0.15) is 11.1 Å². The molecule has 4 aliphatic rings. The Morgan fingerprint density at radius 1 is 0.632 bits per heavy atom. The summed E-state index contributed by atoms with van der Waals surface area (Å²) in [6, 6.07) is 8.32. The minimum Gasteiger partial charge on any atom is -0.542 e. The highest BCUT2D eigenvalue weighted by atomic mass is 79.9. The first-order valence-corrected chi connectivity index (χ1v) is 31.5. The number of halogens is 3. The van der Waals surface area contributed by atoms with E-state index in [1.165, 1.54) is 106 Å². The fourth-order valence-corrected chi connectivity index (χ4v) is 11.8. The van der Waals surface area contributed by atoms with Crippen LogP contribution in [0.2, 0.25) is 39.3 Å². The highest BCUT2D eigenvalue weighted by Crippen LogP contribution is 2.44. The largest absolute Gasteiger partial charge is 0.542 e. The smallest absolute Gasteiger partial charge is 0.242 e. The first-order chi connectivity index (χ1) is 26.7. The number of hydrogen-bond donors (Lipinski definition) is 0. The molecule has 9 heteroatoms.